The SMILES string of the molecule is CCNC(=O)CN(CC)C(=O)C1COCC1NC. The van der Waals surface area contributed by atoms with Crippen LogP contribution in [-0.4, -0.2) is 62.7 Å². The lowest BCUT2D eigenvalue weighted by Crippen LogP contribution is -2.48. The molecule has 104 valence electrons. The zero-order valence-electron chi connectivity index (χ0n) is 11.4. The van der Waals surface area contributed by atoms with Crippen molar-refractivity contribution in [1.29, 1.82) is 0 Å². The molecule has 1 aliphatic heterocycles. The van der Waals surface area contributed by atoms with Crippen LogP contribution in [0.4, 0.5) is 0 Å². The van der Waals surface area contributed by atoms with Crippen LogP contribution in [0.1, 0.15) is 13.8 Å². The highest BCUT2D eigenvalue weighted by Crippen LogP contribution is 2.16. The molecular formula is C12H23N3O3. The Balaban J connectivity index is 2.58. The highest BCUT2D eigenvalue weighted by Gasteiger charge is 2.35. The van der Waals surface area contributed by atoms with Crippen molar-refractivity contribution in [3.05, 3.63) is 0 Å². The summed E-state index contributed by atoms with van der Waals surface area (Å²) in [5, 5.41) is 5.78. The molecule has 0 saturated carbocycles. The molecule has 1 fully saturated rings. The average Bonchev–Trinajstić information content (AvgIpc) is 2.83. The molecule has 0 bridgehead atoms. The van der Waals surface area contributed by atoms with Crippen molar-refractivity contribution in [2.75, 3.05) is 39.9 Å². The molecule has 1 saturated heterocycles. The van der Waals surface area contributed by atoms with Gasteiger partial charge in [0, 0.05) is 19.1 Å². The summed E-state index contributed by atoms with van der Waals surface area (Å²) >= 11 is 0. The lowest BCUT2D eigenvalue weighted by molar-refractivity contribution is -0.139. The fraction of sp³-hybridized carbons (Fsp3) is 0.833. The standard InChI is InChI=1S/C12H23N3O3/c1-4-14-11(16)6-15(5-2)12(17)9-7-18-8-10(9)13-3/h9-10,13H,4-8H2,1-3H3,(H,14,16). The van der Waals surface area contributed by atoms with Crippen molar-refractivity contribution in [3.63, 3.8) is 0 Å². The van der Waals surface area contributed by atoms with E-state index in [0.29, 0.717) is 26.3 Å². The molecular weight excluding hydrogens is 234 g/mol. The summed E-state index contributed by atoms with van der Waals surface area (Å²) in [6, 6.07) is 0.0424. The Kier molecular flexibility index (Phi) is 6.07. The lowest BCUT2D eigenvalue weighted by Gasteiger charge is -2.25. The Morgan fingerprint density at radius 2 is 2.06 bits per heavy atom. The maximum atomic E-state index is 12.3. The second-order valence-corrected chi connectivity index (χ2v) is 4.35. The van der Waals surface area contributed by atoms with E-state index in [1.54, 1.807) is 4.90 Å². The summed E-state index contributed by atoms with van der Waals surface area (Å²) in [6.07, 6.45) is 0. The summed E-state index contributed by atoms with van der Waals surface area (Å²) in [7, 11) is 1.82. The molecule has 0 aromatic heterocycles. The van der Waals surface area contributed by atoms with Gasteiger partial charge in [-0.05, 0) is 20.9 Å². The molecule has 0 aromatic carbocycles. The summed E-state index contributed by atoms with van der Waals surface area (Å²) in [4.78, 5) is 25.4. The second-order valence-electron chi connectivity index (χ2n) is 4.35. The number of likely N-dealkylation sites (N-methyl/N-ethyl adjacent to an activating group) is 3. The first-order valence-electron chi connectivity index (χ1n) is 6.44. The minimum atomic E-state index is -0.190. The number of carbonyl (C=O) groups is 2. The van der Waals surface area contributed by atoms with Crippen LogP contribution in [0.3, 0.4) is 0 Å². The number of nitrogens with zero attached hydrogens (tertiary/aromatic N) is 1. The van der Waals surface area contributed by atoms with E-state index < -0.39 is 0 Å². The predicted molar refractivity (Wildman–Crippen MR) is 68.1 cm³/mol. The van der Waals surface area contributed by atoms with Gasteiger partial charge >= 0.3 is 0 Å². The molecule has 0 aliphatic carbocycles. The third kappa shape index (κ3) is 3.68. The van der Waals surface area contributed by atoms with Crippen LogP contribution >= 0.6 is 0 Å². The van der Waals surface area contributed by atoms with Gasteiger partial charge in [-0.15, -0.1) is 0 Å². The number of hydrogen-bond donors (Lipinski definition) is 2. The molecule has 0 spiro atoms. The molecule has 2 amide bonds. The molecule has 6 heteroatoms. The minimum Gasteiger partial charge on any atom is -0.379 e. The predicted octanol–water partition coefficient (Wildman–Crippen LogP) is -0.795. The van der Waals surface area contributed by atoms with Gasteiger partial charge in [-0.3, -0.25) is 9.59 Å². The fourth-order valence-corrected chi connectivity index (χ4v) is 2.09. The highest BCUT2D eigenvalue weighted by atomic mass is 16.5. The van der Waals surface area contributed by atoms with Gasteiger partial charge < -0.3 is 20.3 Å². The molecule has 0 radical (unpaired) electrons. The second kappa shape index (κ2) is 7.33. The van der Waals surface area contributed by atoms with Crippen LogP contribution in [0.2, 0.25) is 0 Å². The molecule has 2 unspecified atom stereocenters. The molecule has 1 rings (SSSR count). The van der Waals surface area contributed by atoms with Gasteiger partial charge in [0.25, 0.3) is 0 Å². The Morgan fingerprint density at radius 1 is 1.33 bits per heavy atom. The summed E-state index contributed by atoms with van der Waals surface area (Å²) in [6.45, 7) is 5.94. The summed E-state index contributed by atoms with van der Waals surface area (Å²) in [5.41, 5.74) is 0. The van der Waals surface area contributed by atoms with Crippen molar-refractivity contribution >= 4 is 11.8 Å². The van der Waals surface area contributed by atoms with Crippen LogP contribution < -0.4 is 10.6 Å². The molecule has 2 N–H and O–H groups in total. The van der Waals surface area contributed by atoms with E-state index in [9.17, 15) is 9.59 Å². The summed E-state index contributed by atoms with van der Waals surface area (Å²) in [5.74, 6) is -0.322. The quantitative estimate of drug-likeness (QED) is 0.654. The number of hydrogen-bond acceptors (Lipinski definition) is 4. The lowest BCUT2D eigenvalue weighted by atomic mass is 10.0. The number of carbonyl (C=O) groups excluding carboxylic acids is 2. The van der Waals surface area contributed by atoms with E-state index in [2.05, 4.69) is 10.6 Å². The van der Waals surface area contributed by atoms with Crippen molar-refractivity contribution in [1.82, 2.24) is 15.5 Å². The monoisotopic (exact) mass is 257 g/mol. The van der Waals surface area contributed by atoms with Crippen molar-refractivity contribution in [3.8, 4) is 0 Å². The van der Waals surface area contributed by atoms with E-state index in [4.69, 9.17) is 4.74 Å². The fourth-order valence-electron chi connectivity index (χ4n) is 2.09. The topological polar surface area (TPSA) is 70.7 Å². The largest absolute Gasteiger partial charge is 0.379 e. The maximum Gasteiger partial charge on any atom is 0.239 e. The van der Waals surface area contributed by atoms with Crippen molar-refractivity contribution in [2.45, 2.75) is 19.9 Å². The molecule has 0 aromatic rings. The van der Waals surface area contributed by atoms with E-state index >= 15 is 0 Å². The van der Waals surface area contributed by atoms with Gasteiger partial charge in [-0.2, -0.15) is 0 Å². The first kappa shape index (κ1) is 14.9. The van der Waals surface area contributed by atoms with Crippen LogP contribution in [-0.2, 0) is 14.3 Å². The van der Waals surface area contributed by atoms with E-state index in [0.717, 1.165) is 0 Å². The highest BCUT2D eigenvalue weighted by molar-refractivity contribution is 5.86. The summed E-state index contributed by atoms with van der Waals surface area (Å²) < 4.78 is 5.32. The minimum absolute atomic E-state index is 0.0133. The molecule has 1 aliphatic rings. The van der Waals surface area contributed by atoms with Crippen molar-refractivity contribution in [2.24, 2.45) is 5.92 Å². The van der Waals surface area contributed by atoms with Gasteiger partial charge in [0.15, 0.2) is 0 Å². The van der Waals surface area contributed by atoms with Gasteiger partial charge in [-0.1, -0.05) is 0 Å². The van der Waals surface area contributed by atoms with Crippen LogP contribution in [0.5, 0.6) is 0 Å². The normalized spacial score (nSPS) is 22.8. The van der Waals surface area contributed by atoms with Crippen LogP contribution in [0.15, 0.2) is 0 Å². The maximum absolute atomic E-state index is 12.3. The van der Waals surface area contributed by atoms with Gasteiger partial charge in [0.05, 0.1) is 25.7 Å². The van der Waals surface area contributed by atoms with E-state index in [1.807, 2.05) is 20.9 Å². The van der Waals surface area contributed by atoms with Crippen LogP contribution in [0, 0.1) is 5.92 Å². The van der Waals surface area contributed by atoms with Gasteiger partial charge in [0.2, 0.25) is 11.8 Å². The first-order valence-corrected chi connectivity index (χ1v) is 6.44. The van der Waals surface area contributed by atoms with E-state index in [-0.39, 0.29) is 30.3 Å². The Labute approximate surface area is 108 Å². The molecule has 2 atom stereocenters. The van der Waals surface area contributed by atoms with Crippen LogP contribution in [0.25, 0.3) is 0 Å². The Bertz CT molecular complexity index is 296. The van der Waals surface area contributed by atoms with Crippen molar-refractivity contribution < 1.29 is 14.3 Å². The average molecular weight is 257 g/mol. The third-order valence-electron chi connectivity index (χ3n) is 3.17. The number of nitrogens with one attached hydrogen (secondary N) is 2. The molecule has 6 nitrogen and oxygen atoms in total. The smallest absolute Gasteiger partial charge is 0.239 e. The van der Waals surface area contributed by atoms with E-state index in [1.165, 1.54) is 0 Å². The zero-order valence-corrected chi connectivity index (χ0v) is 11.4. The Hall–Kier alpha value is -1.14. The Morgan fingerprint density at radius 3 is 2.61 bits per heavy atom. The number of rotatable bonds is 6. The third-order valence-corrected chi connectivity index (χ3v) is 3.17. The number of amides is 2. The molecule has 1 heterocycles. The molecule has 18 heavy (non-hydrogen) atoms. The van der Waals surface area contributed by atoms with Gasteiger partial charge in [0.1, 0.15) is 0 Å². The zero-order chi connectivity index (χ0) is 13.5. The van der Waals surface area contributed by atoms with Gasteiger partial charge in [-0.25, -0.2) is 0 Å². The number of ether oxygens (including phenoxy) is 1. The first-order chi connectivity index (χ1) is 8.63.